The van der Waals surface area contributed by atoms with Gasteiger partial charge in [0, 0.05) is 0 Å². The summed E-state index contributed by atoms with van der Waals surface area (Å²) < 4.78 is 0. The number of aliphatic carboxylic acids is 1. The number of carboxylic acid groups (broad SMARTS) is 1. The molecule has 0 aromatic heterocycles. The van der Waals surface area contributed by atoms with Crippen LogP contribution in [-0.2, 0) is 19.2 Å². The van der Waals surface area contributed by atoms with Crippen LogP contribution in [0.2, 0.25) is 0 Å². The molecule has 6 N–H and O–H groups in total. The van der Waals surface area contributed by atoms with Gasteiger partial charge in [-0.2, -0.15) is 0 Å². The van der Waals surface area contributed by atoms with E-state index in [2.05, 4.69) is 16.0 Å². The van der Waals surface area contributed by atoms with Crippen molar-refractivity contribution in [3.05, 3.63) is 0 Å². The highest BCUT2D eigenvalue weighted by Gasteiger charge is 2.33. The van der Waals surface area contributed by atoms with Gasteiger partial charge in [0.25, 0.3) is 0 Å². The second kappa shape index (κ2) is 11.5. The summed E-state index contributed by atoms with van der Waals surface area (Å²) >= 11 is 0. The summed E-state index contributed by atoms with van der Waals surface area (Å²) in [6.07, 6.45) is 0.597. The van der Waals surface area contributed by atoms with Crippen LogP contribution in [0.25, 0.3) is 0 Å². The van der Waals surface area contributed by atoms with Crippen LogP contribution in [0.4, 0.5) is 0 Å². The van der Waals surface area contributed by atoms with Crippen molar-refractivity contribution in [3.8, 4) is 0 Å². The van der Waals surface area contributed by atoms with Crippen molar-refractivity contribution in [1.82, 2.24) is 16.0 Å². The monoisotopic (exact) mass is 386 g/mol. The number of nitrogens with two attached hydrogens (primary N) is 1. The fourth-order valence-electron chi connectivity index (χ4n) is 2.47. The second-order valence-electron chi connectivity index (χ2n) is 7.43. The van der Waals surface area contributed by atoms with E-state index in [9.17, 15) is 24.3 Å². The molecule has 3 amide bonds. The van der Waals surface area contributed by atoms with Crippen molar-refractivity contribution < 1.29 is 24.3 Å². The summed E-state index contributed by atoms with van der Waals surface area (Å²) in [6.45, 7) is 10.3. The maximum absolute atomic E-state index is 12.7. The smallest absolute Gasteiger partial charge is 0.326 e. The average molecular weight is 386 g/mol. The van der Waals surface area contributed by atoms with Gasteiger partial charge in [0.05, 0.1) is 6.54 Å². The van der Waals surface area contributed by atoms with Crippen LogP contribution in [0.3, 0.4) is 0 Å². The van der Waals surface area contributed by atoms with E-state index in [0.717, 1.165) is 0 Å². The van der Waals surface area contributed by atoms with Crippen LogP contribution < -0.4 is 21.7 Å². The summed E-state index contributed by atoms with van der Waals surface area (Å²) in [5.74, 6) is -3.44. The SMILES string of the molecule is CCC(C)C(NC(=O)C(NC(=O)CN)C(C)C)C(=O)NC(C(=O)O)C(C)C. The summed E-state index contributed by atoms with van der Waals surface area (Å²) in [5, 5.41) is 17.0. The number of hydrogen-bond acceptors (Lipinski definition) is 5. The molecule has 0 saturated carbocycles. The minimum atomic E-state index is -1.14. The molecule has 4 atom stereocenters. The Labute approximate surface area is 160 Å². The number of carbonyl (C=O) groups excluding carboxylic acids is 3. The van der Waals surface area contributed by atoms with E-state index < -0.39 is 41.8 Å². The van der Waals surface area contributed by atoms with Crippen molar-refractivity contribution in [3.63, 3.8) is 0 Å². The van der Waals surface area contributed by atoms with Gasteiger partial charge in [0.15, 0.2) is 0 Å². The largest absolute Gasteiger partial charge is 0.480 e. The molecule has 4 unspecified atom stereocenters. The molecule has 0 fully saturated rings. The fraction of sp³-hybridized carbons (Fsp3) is 0.778. The lowest BCUT2D eigenvalue weighted by Gasteiger charge is -2.29. The third-order valence-corrected chi connectivity index (χ3v) is 4.47. The van der Waals surface area contributed by atoms with Gasteiger partial charge in [0.2, 0.25) is 17.7 Å². The van der Waals surface area contributed by atoms with E-state index in [1.165, 1.54) is 0 Å². The van der Waals surface area contributed by atoms with E-state index >= 15 is 0 Å². The Balaban J connectivity index is 5.39. The van der Waals surface area contributed by atoms with Crippen LogP contribution in [0.5, 0.6) is 0 Å². The Morgan fingerprint density at radius 3 is 1.63 bits per heavy atom. The number of hydrogen-bond donors (Lipinski definition) is 5. The number of rotatable bonds is 11. The minimum Gasteiger partial charge on any atom is -0.480 e. The number of amides is 3. The van der Waals surface area contributed by atoms with Gasteiger partial charge in [-0.1, -0.05) is 48.0 Å². The molecule has 0 aliphatic heterocycles. The van der Waals surface area contributed by atoms with Gasteiger partial charge in [-0.25, -0.2) is 4.79 Å². The Hall–Kier alpha value is -2.16. The first-order valence-electron chi connectivity index (χ1n) is 9.29. The third kappa shape index (κ3) is 7.94. The molecule has 0 heterocycles. The van der Waals surface area contributed by atoms with Gasteiger partial charge >= 0.3 is 5.97 Å². The summed E-state index contributed by atoms with van der Waals surface area (Å²) in [6, 6.07) is -2.82. The molecular weight excluding hydrogens is 352 g/mol. The molecule has 0 rings (SSSR count). The number of carboxylic acids is 1. The zero-order valence-corrected chi connectivity index (χ0v) is 17.0. The van der Waals surface area contributed by atoms with E-state index in [1.807, 2.05) is 6.92 Å². The Kier molecular flexibility index (Phi) is 10.6. The van der Waals surface area contributed by atoms with Crippen LogP contribution in [0.1, 0.15) is 48.0 Å². The molecule has 9 nitrogen and oxygen atoms in total. The van der Waals surface area contributed by atoms with Crippen LogP contribution >= 0.6 is 0 Å². The highest BCUT2D eigenvalue weighted by Crippen LogP contribution is 2.12. The lowest BCUT2D eigenvalue weighted by atomic mass is 9.95. The number of nitrogens with one attached hydrogen (secondary N) is 3. The maximum atomic E-state index is 12.7. The van der Waals surface area contributed by atoms with Gasteiger partial charge in [0.1, 0.15) is 18.1 Å². The van der Waals surface area contributed by atoms with Crippen molar-refractivity contribution in [2.24, 2.45) is 23.5 Å². The molecule has 9 heteroatoms. The van der Waals surface area contributed by atoms with E-state index in [0.29, 0.717) is 6.42 Å². The van der Waals surface area contributed by atoms with Gasteiger partial charge < -0.3 is 26.8 Å². The molecular formula is C18H34N4O5. The Bertz CT molecular complexity index is 536. The van der Waals surface area contributed by atoms with E-state index in [-0.39, 0.29) is 24.3 Å². The quantitative estimate of drug-likeness (QED) is 0.333. The molecule has 156 valence electrons. The standard InChI is InChI=1S/C18H34N4O5/c1-7-11(6)15(17(25)21-14(10(4)5)18(26)27)22-16(24)13(9(2)3)20-12(23)8-19/h9-11,13-15H,7-8,19H2,1-6H3,(H,20,23)(H,21,25)(H,22,24)(H,26,27). The molecule has 0 saturated heterocycles. The molecule has 0 radical (unpaired) electrons. The zero-order chi connectivity index (χ0) is 21.3. The average Bonchev–Trinajstić information content (AvgIpc) is 2.59. The fourth-order valence-corrected chi connectivity index (χ4v) is 2.47. The van der Waals surface area contributed by atoms with Gasteiger partial charge in [-0.15, -0.1) is 0 Å². The minimum absolute atomic E-state index is 0.219. The zero-order valence-electron chi connectivity index (χ0n) is 17.0. The molecule has 0 aliphatic rings. The van der Waals surface area contributed by atoms with Crippen molar-refractivity contribution in [1.29, 1.82) is 0 Å². The first-order chi connectivity index (χ1) is 12.5. The summed E-state index contributed by atoms with van der Waals surface area (Å²) in [5.41, 5.74) is 5.29. The lowest BCUT2D eigenvalue weighted by Crippen LogP contribution is -2.59. The van der Waals surface area contributed by atoms with E-state index in [4.69, 9.17) is 5.73 Å². The van der Waals surface area contributed by atoms with Crippen LogP contribution in [0.15, 0.2) is 0 Å². The topological polar surface area (TPSA) is 151 Å². The lowest BCUT2D eigenvalue weighted by molar-refractivity contribution is -0.144. The van der Waals surface area contributed by atoms with Crippen LogP contribution in [-0.4, -0.2) is 53.5 Å². The highest BCUT2D eigenvalue weighted by atomic mass is 16.4. The van der Waals surface area contributed by atoms with Gasteiger partial charge in [-0.3, -0.25) is 14.4 Å². The normalized spacial score (nSPS) is 15.6. The van der Waals surface area contributed by atoms with Crippen LogP contribution in [0, 0.1) is 17.8 Å². The summed E-state index contributed by atoms with van der Waals surface area (Å²) in [4.78, 5) is 48.3. The Morgan fingerprint density at radius 2 is 1.26 bits per heavy atom. The van der Waals surface area contributed by atoms with Crippen molar-refractivity contribution in [2.45, 2.75) is 66.1 Å². The molecule has 0 aliphatic carbocycles. The van der Waals surface area contributed by atoms with Crippen molar-refractivity contribution in [2.75, 3.05) is 6.54 Å². The van der Waals surface area contributed by atoms with Gasteiger partial charge in [-0.05, 0) is 17.8 Å². The van der Waals surface area contributed by atoms with E-state index in [1.54, 1.807) is 34.6 Å². The molecule has 0 spiro atoms. The molecule has 0 aromatic rings. The Morgan fingerprint density at radius 1 is 0.815 bits per heavy atom. The first-order valence-corrected chi connectivity index (χ1v) is 9.29. The molecule has 27 heavy (non-hydrogen) atoms. The first kappa shape index (κ1) is 24.8. The third-order valence-electron chi connectivity index (χ3n) is 4.47. The summed E-state index contributed by atoms with van der Waals surface area (Å²) in [7, 11) is 0. The molecule has 0 aromatic carbocycles. The predicted molar refractivity (Wildman–Crippen MR) is 102 cm³/mol. The highest BCUT2D eigenvalue weighted by molar-refractivity contribution is 5.93. The van der Waals surface area contributed by atoms with Crippen molar-refractivity contribution >= 4 is 23.7 Å². The predicted octanol–water partition coefficient (Wildman–Crippen LogP) is -0.158. The second-order valence-corrected chi connectivity index (χ2v) is 7.43. The number of carbonyl (C=O) groups is 4. The maximum Gasteiger partial charge on any atom is 0.326 e. The molecule has 0 bridgehead atoms.